The molecule has 144 valence electrons. The number of carbonyl (C=O) groups is 1. The second-order valence-electron chi connectivity index (χ2n) is 8.02. The molecular weight excluding hydrogens is 336 g/mol. The molecule has 2 aliphatic rings. The van der Waals surface area contributed by atoms with Crippen LogP contribution in [0.2, 0.25) is 0 Å². The van der Waals surface area contributed by atoms with Crippen molar-refractivity contribution in [2.75, 3.05) is 26.2 Å². The number of hydrogen-bond donors (Lipinski definition) is 1. The lowest BCUT2D eigenvalue weighted by Gasteiger charge is -2.29. The van der Waals surface area contributed by atoms with Crippen molar-refractivity contribution in [1.29, 1.82) is 0 Å². The van der Waals surface area contributed by atoms with Crippen molar-refractivity contribution < 1.29 is 4.79 Å². The van der Waals surface area contributed by atoms with Crippen LogP contribution in [0, 0.1) is 13.8 Å². The van der Waals surface area contributed by atoms with E-state index in [0.29, 0.717) is 5.92 Å². The lowest BCUT2D eigenvalue weighted by Crippen LogP contribution is -2.36. The van der Waals surface area contributed by atoms with Crippen molar-refractivity contribution in [3.63, 3.8) is 0 Å². The van der Waals surface area contributed by atoms with Gasteiger partial charge in [0, 0.05) is 19.0 Å². The summed E-state index contributed by atoms with van der Waals surface area (Å²) in [5.74, 6) is 0.539. The number of amides is 1. The van der Waals surface area contributed by atoms with Crippen LogP contribution in [0.4, 0.5) is 0 Å². The number of nitrogens with zero attached hydrogens (tertiary/aromatic N) is 3. The van der Waals surface area contributed by atoms with Crippen LogP contribution in [-0.2, 0) is 0 Å². The Balaban J connectivity index is 1.77. The van der Waals surface area contributed by atoms with Crippen molar-refractivity contribution in [2.24, 2.45) is 0 Å². The zero-order valence-corrected chi connectivity index (χ0v) is 16.5. The smallest absolute Gasteiger partial charge is 0.257 e. The minimum absolute atomic E-state index is 0.166. The molecule has 1 aromatic carbocycles. The minimum atomic E-state index is 0.166. The Morgan fingerprint density at radius 1 is 1.11 bits per heavy atom. The van der Waals surface area contributed by atoms with Crippen LogP contribution in [0.3, 0.4) is 0 Å². The van der Waals surface area contributed by atoms with Crippen LogP contribution in [0.1, 0.15) is 65.2 Å². The SMILES string of the molecule is Cc1ccc(-n2ncc(C(=O)N3CCCCC3)c2C2CCNCC2)c(C)c1. The first-order valence-electron chi connectivity index (χ1n) is 10.3. The zero-order chi connectivity index (χ0) is 18.8. The van der Waals surface area contributed by atoms with E-state index in [1.807, 2.05) is 15.8 Å². The molecule has 0 aliphatic carbocycles. The minimum Gasteiger partial charge on any atom is -0.339 e. The van der Waals surface area contributed by atoms with Gasteiger partial charge < -0.3 is 10.2 Å². The molecule has 1 aromatic heterocycles. The van der Waals surface area contributed by atoms with E-state index < -0.39 is 0 Å². The van der Waals surface area contributed by atoms with Gasteiger partial charge in [0.05, 0.1) is 23.1 Å². The Kier molecular flexibility index (Phi) is 5.30. The lowest BCUT2D eigenvalue weighted by molar-refractivity contribution is 0.0722. The van der Waals surface area contributed by atoms with Crippen LogP contribution in [0.5, 0.6) is 0 Å². The van der Waals surface area contributed by atoms with Gasteiger partial charge in [-0.3, -0.25) is 4.79 Å². The fourth-order valence-electron chi connectivity index (χ4n) is 4.51. The Bertz CT molecular complexity index is 814. The molecular formula is C22H30N4O. The van der Waals surface area contributed by atoms with Gasteiger partial charge in [-0.2, -0.15) is 5.10 Å². The molecule has 0 bridgehead atoms. The van der Waals surface area contributed by atoms with E-state index in [1.54, 1.807) is 0 Å². The Morgan fingerprint density at radius 3 is 2.56 bits per heavy atom. The standard InChI is InChI=1S/C22H30N4O/c1-16-6-7-20(17(2)14-16)26-21(18-8-10-23-11-9-18)19(15-24-26)22(27)25-12-4-3-5-13-25/h6-7,14-15,18,23H,3-5,8-13H2,1-2H3. The third-order valence-corrected chi connectivity index (χ3v) is 5.99. The highest BCUT2D eigenvalue weighted by atomic mass is 16.2. The molecule has 0 atom stereocenters. The molecule has 5 heteroatoms. The van der Waals surface area contributed by atoms with E-state index >= 15 is 0 Å². The Morgan fingerprint density at radius 2 is 1.85 bits per heavy atom. The second kappa shape index (κ2) is 7.85. The maximum atomic E-state index is 13.3. The lowest BCUT2D eigenvalue weighted by atomic mass is 9.91. The van der Waals surface area contributed by atoms with Crippen LogP contribution in [0.15, 0.2) is 24.4 Å². The number of aromatic nitrogens is 2. The molecule has 4 rings (SSSR count). The van der Waals surface area contributed by atoms with Crippen molar-refractivity contribution in [3.8, 4) is 5.69 Å². The van der Waals surface area contributed by atoms with Crippen LogP contribution < -0.4 is 5.32 Å². The molecule has 0 radical (unpaired) electrons. The average molecular weight is 367 g/mol. The molecule has 2 saturated heterocycles. The highest BCUT2D eigenvalue weighted by molar-refractivity contribution is 5.95. The van der Waals surface area contributed by atoms with Crippen molar-refractivity contribution in [3.05, 3.63) is 46.8 Å². The first kappa shape index (κ1) is 18.2. The van der Waals surface area contributed by atoms with Crippen molar-refractivity contribution in [1.82, 2.24) is 20.0 Å². The molecule has 2 fully saturated rings. The predicted octanol–water partition coefficient (Wildman–Crippen LogP) is 3.58. The molecule has 1 amide bonds. The third kappa shape index (κ3) is 3.65. The summed E-state index contributed by atoms with van der Waals surface area (Å²) in [5.41, 5.74) is 5.45. The summed E-state index contributed by atoms with van der Waals surface area (Å²) in [5, 5.41) is 8.16. The van der Waals surface area contributed by atoms with Crippen LogP contribution in [0.25, 0.3) is 5.69 Å². The van der Waals surface area contributed by atoms with E-state index in [9.17, 15) is 4.79 Å². The van der Waals surface area contributed by atoms with Crippen molar-refractivity contribution in [2.45, 2.75) is 51.9 Å². The van der Waals surface area contributed by atoms with Gasteiger partial charge >= 0.3 is 0 Å². The highest BCUT2D eigenvalue weighted by Crippen LogP contribution is 2.32. The quantitative estimate of drug-likeness (QED) is 0.903. The molecule has 5 nitrogen and oxygen atoms in total. The maximum absolute atomic E-state index is 13.3. The molecule has 2 aliphatic heterocycles. The number of nitrogens with one attached hydrogen (secondary N) is 1. The average Bonchev–Trinajstić information content (AvgIpc) is 3.13. The Hall–Kier alpha value is -2.14. The molecule has 27 heavy (non-hydrogen) atoms. The summed E-state index contributed by atoms with van der Waals surface area (Å²) >= 11 is 0. The number of piperidine rings is 2. The van der Waals surface area contributed by atoms with Gasteiger partial charge in [0.1, 0.15) is 0 Å². The summed E-state index contributed by atoms with van der Waals surface area (Å²) in [6.45, 7) is 7.99. The van der Waals surface area contributed by atoms with Crippen LogP contribution in [-0.4, -0.2) is 46.8 Å². The van der Waals surface area contributed by atoms with Gasteiger partial charge in [-0.05, 0) is 70.7 Å². The van der Waals surface area contributed by atoms with E-state index in [-0.39, 0.29) is 5.91 Å². The van der Waals surface area contributed by atoms with E-state index in [2.05, 4.69) is 37.4 Å². The summed E-state index contributed by atoms with van der Waals surface area (Å²) in [6.07, 6.45) is 7.37. The molecule has 0 unspecified atom stereocenters. The number of likely N-dealkylation sites (tertiary alicyclic amines) is 1. The number of aryl methyl sites for hydroxylation is 2. The van der Waals surface area contributed by atoms with Gasteiger partial charge in [0.25, 0.3) is 5.91 Å². The van der Waals surface area contributed by atoms with Gasteiger partial charge in [0.15, 0.2) is 0 Å². The topological polar surface area (TPSA) is 50.2 Å². The van der Waals surface area contributed by atoms with Gasteiger partial charge in [-0.25, -0.2) is 4.68 Å². The molecule has 1 N–H and O–H groups in total. The fourth-order valence-corrected chi connectivity index (χ4v) is 4.51. The second-order valence-corrected chi connectivity index (χ2v) is 8.02. The van der Waals surface area contributed by atoms with Gasteiger partial charge in [-0.1, -0.05) is 17.7 Å². The summed E-state index contributed by atoms with van der Waals surface area (Å²) in [6, 6.07) is 6.45. The van der Waals surface area contributed by atoms with Crippen molar-refractivity contribution >= 4 is 5.91 Å². The molecule has 0 spiro atoms. The molecule has 2 aromatic rings. The number of carbonyl (C=O) groups excluding carboxylic acids is 1. The van der Waals surface area contributed by atoms with Crippen LogP contribution >= 0.6 is 0 Å². The van der Waals surface area contributed by atoms with E-state index in [1.165, 1.54) is 17.5 Å². The fraction of sp³-hybridized carbons (Fsp3) is 0.545. The highest BCUT2D eigenvalue weighted by Gasteiger charge is 2.30. The van der Waals surface area contributed by atoms with E-state index in [4.69, 9.17) is 5.10 Å². The summed E-state index contributed by atoms with van der Waals surface area (Å²) in [4.78, 5) is 15.3. The van der Waals surface area contributed by atoms with Gasteiger partial charge in [-0.15, -0.1) is 0 Å². The Labute approximate surface area is 161 Å². The summed E-state index contributed by atoms with van der Waals surface area (Å²) < 4.78 is 2.04. The third-order valence-electron chi connectivity index (χ3n) is 5.99. The first-order valence-corrected chi connectivity index (χ1v) is 10.3. The summed E-state index contributed by atoms with van der Waals surface area (Å²) in [7, 11) is 0. The monoisotopic (exact) mass is 366 g/mol. The maximum Gasteiger partial charge on any atom is 0.257 e. The van der Waals surface area contributed by atoms with Gasteiger partial charge in [0.2, 0.25) is 0 Å². The molecule has 0 saturated carbocycles. The largest absolute Gasteiger partial charge is 0.339 e. The zero-order valence-electron chi connectivity index (χ0n) is 16.5. The first-order chi connectivity index (χ1) is 13.1. The van der Waals surface area contributed by atoms with E-state index in [0.717, 1.165) is 68.8 Å². The molecule has 3 heterocycles. The predicted molar refractivity (Wildman–Crippen MR) is 108 cm³/mol. The number of benzene rings is 1. The number of hydrogen-bond acceptors (Lipinski definition) is 3. The normalized spacial score (nSPS) is 18.7. The number of rotatable bonds is 3.